The summed E-state index contributed by atoms with van der Waals surface area (Å²) >= 11 is 9.50. The Bertz CT molecular complexity index is 969. The van der Waals surface area contributed by atoms with Crippen LogP contribution in [0, 0.1) is 0 Å². The number of nitrogens with one attached hydrogen (secondary N) is 1. The highest BCUT2D eigenvalue weighted by Crippen LogP contribution is 2.46. The van der Waals surface area contributed by atoms with Crippen molar-refractivity contribution in [1.29, 1.82) is 0 Å². The molecule has 0 aromatic heterocycles. The molecule has 1 fully saturated rings. The minimum Gasteiger partial charge on any atom is -0.482 e. The Morgan fingerprint density at radius 2 is 1.91 bits per heavy atom. The monoisotopic (exact) mass is 525 g/mol. The maximum Gasteiger partial charge on any atom is 0.341 e. The van der Waals surface area contributed by atoms with E-state index in [2.05, 4.69) is 21.2 Å². The standard InChI is InChI=1S/C23H25BrClNO6/c1-23(26-21(28)8-9-27)11-19(14-2-5-16(25)6-3-14)32-20(12-23)17-10-15(24)4-7-18(17)31-13-22(29)30/h2-7,10,19-20,27H,8-9,11-13H2,1H3,(H,26,28)(H,29,30)/t19-,20+,23-/m0/s1. The van der Waals surface area contributed by atoms with Crippen LogP contribution in [0.2, 0.25) is 5.02 Å². The van der Waals surface area contributed by atoms with Crippen LogP contribution in [0.4, 0.5) is 0 Å². The van der Waals surface area contributed by atoms with Gasteiger partial charge >= 0.3 is 5.97 Å². The summed E-state index contributed by atoms with van der Waals surface area (Å²) in [6.45, 7) is 1.23. The van der Waals surface area contributed by atoms with Gasteiger partial charge in [-0.3, -0.25) is 4.79 Å². The van der Waals surface area contributed by atoms with Crippen LogP contribution in [0.25, 0.3) is 0 Å². The van der Waals surface area contributed by atoms with Crippen molar-refractivity contribution in [3.05, 3.63) is 63.1 Å². The molecule has 0 bridgehead atoms. The highest BCUT2D eigenvalue weighted by Gasteiger charge is 2.41. The smallest absolute Gasteiger partial charge is 0.341 e. The molecule has 1 heterocycles. The average Bonchev–Trinajstić information content (AvgIpc) is 2.72. The summed E-state index contributed by atoms with van der Waals surface area (Å²) in [5.41, 5.74) is 0.956. The van der Waals surface area contributed by atoms with Crippen molar-refractivity contribution in [2.45, 2.75) is 43.9 Å². The number of ether oxygens (including phenoxy) is 2. The molecule has 1 aliphatic heterocycles. The third-order valence-electron chi connectivity index (χ3n) is 5.29. The van der Waals surface area contributed by atoms with Gasteiger partial charge in [-0.15, -0.1) is 0 Å². The molecule has 0 unspecified atom stereocenters. The van der Waals surface area contributed by atoms with Crippen LogP contribution in [0.5, 0.6) is 5.75 Å². The van der Waals surface area contributed by atoms with E-state index >= 15 is 0 Å². The fourth-order valence-electron chi connectivity index (χ4n) is 3.90. The Labute approximate surface area is 199 Å². The van der Waals surface area contributed by atoms with Crippen molar-refractivity contribution in [2.75, 3.05) is 13.2 Å². The molecule has 0 aliphatic carbocycles. The van der Waals surface area contributed by atoms with Crippen LogP contribution >= 0.6 is 27.5 Å². The van der Waals surface area contributed by atoms with Gasteiger partial charge in [0.25, 0.3) is 0 Å². The molecule has 9 heteroatoms. The fourth-order valence-corrected chi connectivity index (χ4v) is 4.40. The molecule has 1 amide bonds. The van der Waals surface area contributed by atoms with Gasteiger partial charge < -0.3 is 25.0 Å². The number of amides is 1. The zero-order valence-electron chi connectivity index (χ0n) is 17.5. The zero-order chi connectivity index (χ0) is 23.3. The zero-order valence-corrected chi connectivity index (χ0v) is 19.9. The van der Waals surface area contributed by atoms with Gasteiger partial charge in [0.1, 0.15) is 5.75 Å². The number of carboxylic acid groups (broad SMARTS) is 1. The lowest BCUT2D eigenvalue weighted by atomic mass is 9.81. The summed E-state index contributed by atoms with van der Waals surface area (Å²) in [6, 6.07) is 12.6. The van der Waals surface area contributed by atoms with Crippen LogP contribution in [-0.4, -0.2) is 40.8 Å². The first-order valence-corrected chi connectivity index (χ1v) is 11.3. The molecule has 32 heavy (non-hydrogen) atoms. The molecule has 3 N–H and O–H groups in total. The topological polar surface area (TPSA) is 105 Å². The maximum absolute atomic E-state index is 12.3. The molecule has 0 radical (unpaired) electrons. The van der Waals surface area contributed by atoms with Crippen LogP contribution < -0.4 is 10.1 Å². The number of aliphatic carboxylic acids is 1. The number of rotatable bonds is 8. The predicted molar refractivity (Wildman–Crippen MR) is 123 cm³/mol. The number of hydrogen-bond donors (Lipinski definition) is 3. The number of hydrogen-bond acceptors (Lipinski definition) is 5. The Hall–Kier alpha value is -2.13. The number of aliphatic hydroxyl groups excluding tert-OH is 1. The lowest BCUT2D eigenvalue weighted by Gasteiger charge is -2.43. The van der Waals surface area contributed by atoms with Gasteiger partial charge in [-0.2, -0.15) is 0 Å². The highest BCUT2D eigenvalue weighted by molar-refractivity contribution is 9.10. The molecule has 7 nitrogen and oxygen atoms in total. The molecule has 3 atom stereocenters. The van der Waals surface area contributed by atoms with Crippen molar-refractivity contribution in [3.8, 4) is 5.75 Å². The second kappa shape index (κ2) is 10.7. The summed E-state index contributed by atoms with van der Waals surface area (Å²) in [5.74, 6) is -0.924. The highest BCUT2D eigenvalue weighted by atomic mass is 79.9. The van der Waals surface area contributed by atoms with E-state index in [0.29, 0.717) is 29.2 Å². The van der Waals surface area contributed by atoms with Crippen LogP contribution in [0.1, 0.15) is 49.5 Å². The number of halogens is 2. The van der Waals surface area contributed by atoms with Crippen molar-refractivity contribution in [1.82, 2.24) is 5.32 Å². The summed E-state index contributed by atoms with van der Waals surface area (Å²) in [5, 5.41) is 21.8. The van der Waals surface area contributed by atoms with E-state index in [1.54, 1.807) is 24.3 Å². The summed E-state index contributed by atoms with van der Waals surface area (Å²) in [7, 11) is 0. The summed E-state index contributed by atoms with van der Waals surface area (Å²) in [4.78, 5) is 23.4. The lowest BCUT2D eigenvalue weighted by molar-refractivity contribution is -0.139. The number of benzene rings is 2. The second-order valence-corrected chi connectivity index (χ2v) is 9.37. The van der Waals surface area contributed by atoms with E-state index in [1.165, 1.54) is 0 Å². The van der Waals surface area contributed by atoms with Crippen molar-refractivity contribution in [3.63, 3.8) is 0 Å². The number of carbonyl (C=O) groups excluding carboxylic acids is 1. The quantitative estimate of drug-likeness (QED) is 0.470. The molecular weight excluding hydrogens is 502 g/mol. The molecular formula is C23H25BrClNO6. The minimum absolute atomic E-state index is 0.0105. The maximum atomic E-state index is 12.3. The third kappa shape index (κ3) is 6.45. The number of carboxylic acids is 1. The summed E-state index contributed by atoms with van der Waals surface area (Å²) in [6.07, 6.45) is 0.133. The molecule has 2 aromatic carbocycles. The van der Waals surface area contributed by atoms with E-state index < -0.39 is 24.2 Å². The first-order valence-electron chi connectivity index (χ1n) is 10.2. The molecule has 3 rings (SSSR count). The van der Waals surface area contributed by atoms with E-state index in [1.807, 2.05) is 25.1 Å². The Morgan fingerprint density at radius 1 is 1.22 bits per heavy atom. The first kappa shape index (κ1) is 24.5. The van der Waals surface area contributed by atoms with Crippen LogP contribution in [0.3, 0.4) is 0 Å². The van der Waals surface area contributed by atoms with Gasteiger partial charge in [-0.1, -0.05) is 39.7 Å². The van der Waals surface area contributed by atoms with Crippen molar-refractivity contribution in [2.24, 2.45) is 0 Å². The van der Waals surface area contributed by atoms with E-state index in [9.17, 15) is 9.59 Å². The molecule has 1 saturated heterocycles. The number of aliphatic hydroxyl groups is 1. The van der Waals surface area contributed by atoms with E-state index in [4.69, 9.17) is 31.3 Å². The Morgan fingerprint density at radius 3 is 2.56 bits per heavy atom. The minimum atomic E-state index is -1.08. The second-order valence-electron chi connectivity index (χ2n) is 8.02. The fraction of sp³-hybridized carbons (Fsp3) is 0.391. The van der Waals surface area contributed by atoms with Gasteiger partial charge in [0.2, 0.25) is 5.91 Å². The van der Waals surface area contributed by atoms with E-state index in [0.717, 1.165) is 10.0 Å². The molecule has 0 spiro atoms. The number of carbonyl (C=O) groups is 2. The normalized spacial score (nSPS) is 22.9. The van der Waals surface area contributed by atoms with Crippen LogP contribution in [-0.2, 0) is 14.3 Å². The Balaban J connectivity index is 1.96. The third-order valence-corrected chi connectivity index (χ3v) is 6.04. The molecule has 0 saturated carbocycles. The lowest BCUT2D eigenvalue weighted by Crippen LogP contribution is -2.51. The van der Waals surface area contributed by atoms with Crippen molar-refractivity contribution >= 4 is 39.4 Å². The average molecular weight is 527 g/mol. The van der Waals surface area contributed by atoms with Gasteiger partial charge in [0, 0.05) is 39.9 Å². The first-order chi connectivity index (χ1) is 15.2. The SMILES string of the molecule is C[C@]1(NC(=O)CCO)C[C@@H](c2ccc(Cl)cc2)O[C@@H](c2cc(Br)ccc2OCC(=O)O)C1. The van der Waals surface area contributed by atoms with Crippen LogP contribution in [0.15, 0.2) is 46.9 Å². The summed E-state index contributed by atoms with van der Waals surface area (Å²) < 4.78 is 12.7. The molecule has 172 valence electrons. The van der Waals surface area contributed by atoms with Gasteiger partial charge in [-0.25, -0.2) is 4.79 Å². The van der Waals surface area contributed by atoms with Gasteiger partial charge in [-0.05, 0) is 42.8 Å². The predicted octanol–water partition coefficient (Wildman–Crippen LogP) is 4.42. The van der Waals surface area contributed by atoms with Gasteiger partial charge in [0.05, 0.1) is 18.8 Å². The van der Waals surface area contributed by atoms with E-state index in [-0.39, 0.29) is 25.0 Å². The molecule has 1 aliphatic rings. The Kier molecular flexibility index (Phi) is 8.16. The van der Waals surface area contributed by atoms with Gasteiger partial charge in [0.15, 0.2) is 6.61 Å². The van der Waals surface area contributed by atoms with Crippen molar-refractivity contribution < 1.29 is 29.3 Å². The molecule has 2 aromatic rings. The largest absolute Gasteiger partial charge is 0.482 e.